The van der Waals surface area contributed by atoms with Crippen molar-refractivity contribution >= 4 is 0 Å². The lowest BCUT2D eigenvalue weighted by Crippen LogP contribution is -2.44. The van der Waals surface area contributed by atoms with Crippen molar-refractivity contribution in [1.82, 2.24) is 5.32 Å². The predicted molar refractivity (Wildman–Crippen MR) is 43.7 cm³/mol. The molecule has 1 aliphatic carbocycles. The molecule has 0 saturated carbocycles. The summed E-state index contributed by atoms with van der Waals surface area (Å²) in [7, 11) is 1.97. The molecule has 0 aromatic carbocycles. The number of hydrogen-bond acceptors (Lipinski definition) is 2. The van der Waals surface area contributed by atoms with E-state index in [1.54, 1.807) is 0 Å². The number of allylic oxidation sites excluding steroid dienone is 1. The Morgan fingerprint density at radius 3 is 2.70 bits per heavy atom. The molecule has 2 heteroatoms. The van der Waals surface area contributed by atoms with Gasteiger partial charge in [-0.2, -0.15) is 0 Å². The molecule has 0 fully saturated rings. The van der Waals surface area contributed by atoms with Crippen LogP contribution in [0.2, 0.25) is 0 Å². The third-order valence-corrected chi connectivity index (χ3v) is 2.12. The highest BCUT2D eigenvalue weighted by Gasteiger charge is 2.19. The predicted octanol–water partition coefficient (Wildman–Crippen LogP) is 0.498. The Kier molecular flexibility index (Phi) is 2.46. The van der Waals surface area contributed by atoms with E-state index in [9.17, 15) is 0 Å². The van der Waals surface area contributed by atoms with E-state index in [0.29, 0.717) is 12.0 Å². The minimum Gasteiger partial charge on any atom is -0.323 e. The second-order valence-corrected chi connectivity index (χ2v) is 3.07. The smallest absolute Gasteiger partial charge is 0.0380 e. The van der Waals surface area contributed by atoms with Gasteiger partial charge in [-0.05, 0) is 19.4 Å². The van der Waals surface area contributed by atoms with Crippen molar-refractivity contribution in [3.05, 3.63) is 12.2 Å². The maximum Gasteiger partial charge on any atom is 0.0380 e. The zero-order chi connectivity index (χ0) is 7.56. The first-order chi connectivity index (χ1) is 4.74. The van der Waals surface area contributed by atoms with Crippen molar-refractivity contribution in [2.24, 2.45) is 11.7 Å². The molecule has 0 aromatic heterocycles. The molecule has 0 aromatic rings. The molecule has 0 heterocycles. The zero-order valence-electron chi connectivity index (χ0n) is 6.67. The number of nitrogens with two attached hydrogens (primary N) is 1. The van der Waals surface area contributed by atoms with E-state index in [0.717, 1.165) is 6.42 Å². The molecule has 0 radical (unpaired) electrons. The molecule has 2 nitrogen and oxygen atoms in total. The summed E-state index contributed by atoms with van der Waals surface area (Å²) in [6, 6.07) is 0.682. The van der Waals surface area contributed by atoms with Crippen molar-refractivity contribution in [3.8, 4) is 0 Å². The van der Waals surface area contributed by atoms with E-state index in [2.05, 4.69) is 24.4 Å². The lowest BCUT2D eigenvalue weighted by Gasteiger charge is -2.27. The Morgan fingerprint density at radius 2 is 2.20 bits per heavy atom. The van der Waals surface area contributed by atoms with Crippen molar-refractivity contribution < 1.29 is 0 Å². The molecular formula is C8H16N2. The van der Waals surface area contributed by atoms with Crippen LogP contribution in [0.1, 0.15) is 13.3 Å². The van der Waals surface area contributed by atoms with Gasteiger partial charge in [0.1, 0.15) is 0 Å². The van der Waals surface area contributed by atoms with Crippen LogP contribution in [0.5, 0.6) is 0 Å². The van der Waals surface area contributed by atoms with Crippen LogP contribution in [-0.2, 0) is 0 Å². The molecule has 3 atom stereocenters. The molecule has 0 bridgehead atoms. The highest BCUT2D eigenvalue weighted by atomic mass is 14.9. The minimum absolute atomic E-state index is 0.209. The summed E-state index contributed by atoms with van der Waals surface area (Å²) in [6.45, 7) is 2.22. The van der Waals surface area contributed by atoms with Crippen LogP contribution in [0.3, 0.4) is 0 Å². The van der Waals surface area contributed by atoms with Crippen molar-refractivity contribution in [3.63, 3.8) is 0 Å². The minimum atomic E-state index is 0.209. The van der Waals surface area contributed by atoms with Crippen LogP contribution in [0.4, 0.5) is 0 Å². The van der Waals surface area contributed by atoms with Crippen molar-refractivity contribution in [2.45, 2.75) is 25.4 Å². The molecule has 0 saturated heterocycles. The molecule has 1 rings (SSSR count). The molecule has 3 N–H and O–H groups in total. The second-order valence-electron chi connectivity index (χ2n) is 3.07. The van der Waals surface area contributed by atoms with E-state index in [1.165, 1.54) is 0 Å². The molecule has 1 aliphatic rings. The SMILES string of the molecule is CNC1CC(C)C=CC1N. The fourth-order valence-electron chi connectivity index (χ4n) is 1.40. The van der Waals surface area contributed by atoms with Crippen LogP contribution >= 0.6 is 0 Å². The number of hydrogen-bond donors (Lipinski definition) is 2. The second kappa shape index (κ2) is 3.17. The van der Waals surface area contributed by atoms with Gasteiger partial charge in [0.25, 0.3) is 0 Å². The summed E-state index contributed by atoms with van der Waals surface area (Å²) < 4.78 is 0. The van der Waals surface area contributed by atoms with Crippen LogP contribution in [0.15, 0.2) is 12.2 Å². The maximum atomic E-state index is 5.80. The van der Waals surface area contributed by atoms with Gasteiger partial charge in [-0.1, -0.05) is 19.1 Å². The van der Waals surface area contributed by atoms with E-state index in [-0.39, 0.29) is 6.04 Å². The Morgan fingerprint density at radius 1 is 1.50 bits per heavy atom. The Balaban J connectivity index is 2.53. The van der Waals surface area contributed by atoms with Gasteiger partial charge in [-0.25, -0.2) is 0 Å². The van der Waals surface area contributed by atoms with Crippen LogP contribution in [0, 0.1) is 5.92 Å². The van der Waals surface area contributed by atoms with Crippen molar-refractivity contribution in [1.29, 1.82) is 0 Å². The van der Waals surface area contributed by atoms with Crippen LogP contribution in [0.25, 0.3) is 0 Å². The molecule has 3 unspecified atom stereocenters. The monoisotopic (exact) mass is 140 g/mol. The summed E-state index contributed by atoms with van der Waals surface area (Å²) in [6.07, 6.45) is 5.45. The first-order valence-corrected chi connectivity index (χ1v) is 3.85. The van der Waals surface area contributed by atoms with Crippen LogP contribution < -0.4 is 11.1 Å². The van der Waals surface area contributed by atoms with Gasteiger partial charge >= 0.3 is 0 Å². The van der Waals surface area contributed by atoms with E-state index >= 15 is 0 Å². The third kappa shape index (κ3) is 1.58. The summed E-state index contributed by atoms with van der Waals surface area (Å²) in [4.78, 5) is 0. The first kappa shape index (κ1) is 7.76. The summed E-state index contributed by atoms with van der Waals surface area (Å²) in [5.74, 6) is 0.678. The average molecular weight is 140 g/mol. The van der Waals surface area contributed by atoms with Crippen molar-refractivity contribution in [2.75, 3.05) is 7.05 Å². The largest absolute Gasteiger partial charge is 0.323 e. The topological polar surface area (TPSA) is 38.0 Å². The highest BCUT2D eigenvalue weighted by Crippen LogP contribution is 2.15. The highest BCUT2D eigenvalue weighted by molar-refractivity contribution is 5.05. The summed E-state index contributed by atoms with van der Waals surface area (Å²) in [5, 5.41) is 3.21. The number of rotatable bonds is 1. The number of nitrogens with one attached hydrogen (secondary N) is 1. The first-order valence-electron chi connectivity index (χ1n) is 3.85. The molecule has 0 aliphatic heterocycles. The quantitative estimate of drug-likeness (QED) is 0.520. The van der Waals surface area contributed by atoms with E-state index in [4.69, 9.17) is 5.73 Å². The average Bonchev–Trinajstić information content (AvgIpc) is 1.94. The fraction of sp³-hybridized carbons (Fsp3) is 0.750. The standard InChI is InChI=1S/C8H16N2/c1-6-3-4-7(9)8(5-6)10-2/h3-4,6-8,10H,5,9H2,1-2H3. The van der Waals surface area contributed by atoms with Gasteiger partial charge in [0.05, 0.1) is 0 Å². The molecule has 0 spiro atoms. The molecule has 10 heavy (non-hydrogen) atoms. The lowest BCUT2D eigenvalue weighted by molar-refractivity contribution is 0.414. The van der Waals surface area contributed by atoms with E-state index in [1.807, 2.05) is 7.05 Å². The van der Waals surface area contributed by atoms with Gasteiger partial charge in [0.2, 0.25) is 0 Å². The Bertz CT molecular complexity index is 131. The normalized spacial score (nSPS) is 40.1. The zero-order valence-corrected chi connectivity index (χ0v) is 6.67. The van der Waals surface area contributed by atoms with Gasteiger partial charge in [-0.15, -0.1) is 0 Å². The van der Waals surface area contributed by atoms with Gasteiger partial charge in [-0.3, -0.25) is 0 Å². The number of likely N-dealkylation sites (N-methyl/N-ethyl adjacent to an activating group) is 1. The Labute approximate surface area is 62.5 Å². The Hall–Kier alpha value is -0.340. The third-order valence-electron chi connectivity index (χ3n) is 2.12. The summed E-state index contributed by atoms with van der Waals surface area (Å²) in [5.41, 5.74) is 5.80. The van der Waals surface area contributed by atoms with Gasteiger partial charge in [0.15, 0.2) is 0 Å². The lowest BCUT2D eigenvalue weighted by atomic mass is 9.90. The van der Waals surface area contributed by atoms with Crippen LogP contribution in [-0.4, -0.2) is 19.1 Å². The molecule has 58 valence electrons. The van der Waals surface area contributed by atoms with Gasteiger partial charge in [0, 0.05) is 12.1 Å². The fourth-order valence-corrected chi connectivity index (χ4v) is 1.40. The van der Waals surface area contributed by atoms with E-state index < -0.39 is 0 Å². The molecular weight excluding hydrogens is 124 g/mol. The van der Waals surface area contributed by atoms with Gasteiger partial charge < -0.3 is 11.1 Å². The maximum absolute atomic E-state index is 5.80. The molecule has 0 amide bonds. The summed E-state index contributed by atoms with van der Waals surface area (Å²) >= 11 is 0.